The molecule has 3 heteroatoms. The van der Waals surface area contributed by atoms with Crippen molar-refractivity contribution in [3.63, 3.8) is 0 Å². The van der Waals surface area contributed by atoms with Crippen LogP contribution in [-0.2, 0) is 4.74 Å². The van der Waals surface area contributed by atoms with Crippen LogP contribution >= 0.6 is 0 Å². The molecule has 0 aromatic rings. The highest BCUT2D eigenvalue weighted by molar-refractivity contribution is 4.49. The fourth-order valence-electron chi connectivity index (χ4n) is 0.787. The first kappa shape index (κ1) is 9.88. The summed E-state index contributed by atoms with van der Waals surface area (Å²) in [7, 11) is 0. The van der Waals surface area contributed by atoms with Crippen molar-refractivity contribution in [3.8, 4) is 0 Å². The molecule has 0 saturated heterocycles. The Kier molecular flexibility index (Phi) is 6.91. The second-order valence-corrected chi connectivity index (χ2v) is 2.28. The minimum Gasteiger partial charge on any atom is -0.364 e. The highest BCUT2D eigenvalue weighted by Crippen LogP contribution is 1.98. The second-order valence-electron chi connectivity index (χ2n) is 2.28. The minimum atomic E-state index is -0.0865. The zero-order valence-corrected chi connectivity index (χ0v) is 6.68. The van der Waals surface area contributed by atoms with Crippen molar-refractivity contribution in [3.05, 3.63) is 0 Å². The third-order valence-electron chi connectivity index (χ3n) is 1.32. The fourth-order valence-corrected chi connectivity index (χ4v) is 0.787. The first-order valence-electron chi connectivity index (χ1n) is 3.88. The molecule has 0 aliphatic carbocycles. The van der Waals surface area contributed by atoms with Crippen molar-refractivity contribution in [2.24, 2.45) is 11.5 Å². The Hall–Kier alpha value is -0.120. The van der Waals surface area contributed by atoms with Crippen molar-refractivity contribution >= 4 is 0 Å². The van der Waals surface area contributed by atoms with E-state index >= 15 is 0 Å². The van der Waals surface area contributed by atoms with Gasteiger partial charge in [0.2, 0.25) is 0 Å². The molecule has 4 N–H and O–H groups in total. The van der Waals surface area contributed by atoms with E-state index in [4.69, 9.17) is 16.2 Å². The van der Waals surface area contributed by atoms with E-state index in [0.717, 1.165) is 25.8 Å². The van der Waals surface area contributed by atoms with Crippen molar-refractivity contribution < 1.29 is 4.74 Å². The largest absolute Gasteiger partial charge is 0.364 e. The summed E-state index contributed by atoms with van der Waals surface area (Å²) in [4.78, 5) is 0. The molecule has 0 amide bonds. The summed E-state index contributed by atoms with van der Waals surface area (Å²) in [5, 5.41) is 0. The van der Waals surface area contributed by atoms with Gasteiger partial charge in [-0.3, -0.25) is 0 Å². The maximum atomic E-state index is 5.56. The van der Waals surface area contributed by atoms with Gasteiger partial charge in [-0.25, -0.2) is 0 Å². The number of ether oxygens (including phenoxy) is 1. The van der Waals surface area contributed by atoms with E-state index < -0.39 is 0 Å². The average Bonchev–Trinajstić information content (AvgIpc) is 1.89. The molecule has 0 bridgehead atoms. The van der Waals surface area contributed by atoms with E-state index in [1.54, 1.807) is 0 Å². The maximum absolute atomic E-state index is 5.56. The van der Waals surface area contributed by atoms with Crippen LogP contribution in [0.25, 0.3) is 0 Å². The molecule has 0 spiro atoms. The van der Waals surface area contributed by atoms with Gasteiger partial charge in [-0.2, -0.15) is 0 Å². The normalized spacial score (nSPS) is 13.5. The van der Waals surface area contributed by atoms with E-state index in [1.165, 1.54) is 0 Å². The minimum absolute atomic E-state index is 0.0865. The lowest BCUT2D eigenvalue weighted by Gasteiger charge is -2.09. The highest BCUT2D eigenvalue weighted by Gasteiger charge is 1.98. The zero-order valence-electron chi connectivity index (χ0n) is 6.68. The van der Waals surface area contributed by atoms with E-state index in [2.05, 4.69) is 0 Å². The SMILES string of the molecule is CCOC(N)CCCCN. The molecular weight excluding hydrogens is 128 g/mol. The molecule has 0 aliphatic rings. The fraction of sp³-hybridized carbons (Fsp3) is 1.00. The number of hydrogen-bond donors (Lipinski definition) is 2. The Morgan fingerprint density at radius 2 is 2.10 bits per heavy atom. The third kappa shape index (κ3) is 6.01. The molecule has 0 heterocycles. The Morgan fingerprint density at radius 1 is 1.40 bits per heavy atom. The van der Waals surface area contributed by atoms with E-state index in [9.17, 15) is 0 Å². The number of hydrogen-bond acceptors (Lipinski definition) is 3. The van der Waals surface area contributed by atoms with Crippen molar-refractivity contribution in [1.29, 1.82) is 0 Å². The monoisotopic (exact) mass is 146 g/mol. The summed E-state index contributed by atoms with van der Waals surface area (Å²) in [6.45, 7) is 3.39. The lowest BCUT2D eigenvalue weighted by molar-refractivity contribution is 0.0599. The summed E-state index contributed by atoms with van der Waals surface area (Å²) >= 11 is 0. The van der Waals surface area contributed by atoms with Crippen LogP contribution < -0.4 is 11.5 Å². The third-order valence-corrected chi connectivity index (χ3v) is 1.32. The van der Waals surface area contributed by atoms with Gasteiger partial charge in [-0.15, -0.1) is 0 Å². The topological polar surface area (TPSA) is 61.3 Å². The molecule has 3 nitrogen and oxygen atoms in total. The molecule has 0 aromatic heterocycles. The van der Waals surface area contributed by atoms with Crippen LogP contribution in [0.1, 0.15) is 26.2 Å². The predicted octanol–water partition coefficient (Wildman–Crippen LogP) is 0.437. The van der Waals surface area contributed by atoms with Crippen LogP contribution in [-0.4, -0.2) is 19.4 Å². The van der Waals surface area contributed by atoms with Crippen molar-refractivity contribution in [1.82, 2.24) is 0 Å². The second kappa shape index (κ2) is 6.99. The first-order valence-corrected chi connectivity index (χ1v) is 3.88. The summed E-state index contributed by atoms with van der Waals surface area (Å²) in [5.41, 5.74) is 10.9. The van der Waals surface area contributed by atoms with Crippen LogP contribution in [0.2, 0.25) is 0 Å². The molecule has 0 saturated carbocycles. The molecule has 1 unspecified atom stereocenters. The molecule has 0 aliphatic heterocycles. The summed E-state index contributed by atoms with van der Waals surface area (Å²) in [6.07, 6.45) is 2.94. The quantitative estimate of drug-likeness (QED) is 0.422. The molecule has 0 fully saturated rings. The van der Waals surface area contributed by atoms with Crippen LogP contribution in [0.15, 0.2) is 0 Å². The van der Waals surface area contributed by atoms with Gasteiger partial charge < -0.3 is 16.2 Å². The standard InChI is InChI=1S/C7H18N2O/c1-2-10-7(9)5-3-4-6-8/h7H,2-6,8-9H2,1H3. The van der Waals surface area contributed by atoms with Crippen LogP contribution in [0.4, 0.5) is 0 Å². The van der Waals surface area contributed by atoms with E-state index in [0.29, 0.717) is 6.61 Å². The highest BCUT2D eigenvalue weighted by atomic mass is 16.5. The maximum Gasteiger partial charge on any atom is 0.105 e. The number of rotatable bonds is 6. The van der Waals surface area contributed by atoms with Crippen LogP contribution in [0.3, 0.4) is 0 Å². The predicted molar refractivity (Wildman–Crippen MR) is 42.5 cm³/mol. The molecule has 0 radical (unpaired) electrons. The van der Waals surface area contributed by atoms with Gasteiger partial charge >= 0.3 is 0 Å². The summed E-state index contributed by atoms with van der Waals surface area (Å²) in [5.74, 6) is 0. The Morgan fingerprint density at radius 3 is 2.60 bits per heavy atom. The molecule has 1 atom stereocenters. The summed E-state index contributed by atoms with van der Waals surface area (Å²) < 4.78 is 5.13. The summed E-state index contributed by atoms with van der Waals surface area (Å²) in [6, 6.07) is 0. The van der Waals surface area contributed by atoms with Gasteiger partial charge in [0, 0.05) is 6.61 Å². The van der Waals surface area contributed by atoms with Gasteiger partial charge in [0.1, 0.15) is 6.23 Å². The van der Waals surface area contributed by atoms with E-state index in [1.807, 2.05) is 6.92 Å². The lowest BCUT2D eigenvalue weighted by Crippen LogP contribution is -2.23. The Labute approximate surface area is 62.7 Å². The van der Waals surface area contributed by atoms with Crippen LogP contribution in [0, 0.1) is 0 Å². The number of unbranched alkanes of at least 4 members (excludes halogenated alkanes) is 1. The van der Waals surface area contributed by atoms with Gasteiger partial charge in [0.25, 0.3) is 0 Å². The molecular formula is C7H18N2O. The van der Waals surface area contributed by atoms with Crippen molar-refractivity contribution in [2.75, 3.05) is 13.2 Å². The molecule has 0 rings (SSSR count). The van der Waals surface area contributed by atoms with Gasteiger partial charge in [-0.1, -0.05) is 0 Å². The van der Waals surface area contributed by atoms with Gasteiger partial charge in [0.05, 0.1) is 0 Å². The Bertz CT molecular complexity index is 68.6. The van der Waals surface area contributed by atoms with Gasteiger partial charge in [-0.05, 0) is 32.7 Å². The first-order chi connectivity index (χ1) is 4.81. The average molecular weight is 146 g/mol. The van der Waals surface area contributed by atoms with Crippen LogP contribution in [0.5, 0.6) is 0 Å². The molecule has 62 valence electrons. The smallest absolute Gasteiger partial charge is 0.105 e. The molecule has 0 aromatic carbocycles. The zero-order chi connectivity index (χ0) is 7.82. The molecule has 10 heavy (non-hydrogen) atoms. The lowest BCUT2D eigenvalue weighted by atomic mass is 10.2. The Balaban J connectivity index is 2.97. The van der Waals surface area contributed by atoms with Crippen molar-refractivity contribution in [2.45, 2.75) is 32.4 Å². The number of nitrogens with two attached hydrogens (primary N) is 2. The van der Waals surface area contributed by atoms with E-state index in [-0.39, 0.29) is 6.23 Å². The van der Waals surface area contributed by atoms with Gasteiger partial charge in [0.15, 0.2) is 0 Å².